The molecule has 1 fully saturated rings. The van der Waals surface area contributed by atoms with E-state index in [4.69, 9.17) is 11.6 Å². The smallest absolute Gasteiger partial charge is 0.0932 e. The molecular formula is C17H21ClN2S. The zero-order chi connectivity index (χ0) is 14.7. The first-order valence-corrected chi connectivity index (χ1v) is 8.73. The molecule has 2 heterocycles. The number of nitrogens with one attached hydrogen (secondary N) is 1. The van der Waals surface area contributed by atoms with Gasteiger partial charge < -0.3 is 5.32 Å². The Kier molecular flexibility index (Phi) is 4.84. The van der Waals surface area contributed by atoms with Crippen LogP contribution >= 0.6 is 22.9 Å². The largest absolute Gasteiger partial charge is 0.378 e. The second kappa shape index (κ2) is 6.82. The van der Waals surface area contributed by atoms with Gasteiger partial charge in [0.25, 0.3) is 0 Å². The monoisotopic (exact) mass is 320 g/mol. The molecule has 0 amide bonds. The predicted octanol–water partition coefficient (Wildman–Crippen LogP) is 5.17. The number of anilines is 1. The van der Waals surface area contributed by atoms with Gasteiger partial charge in [0.1, 0.15) is 0 Å². The molecule has 1 N–H and O–H groups in total. The lowest BCUT2D eigenvalue weighted by atomic mass is 10.2. The summed E-state index contributed by atoms with van der Waals surface area (Å²) in [5.74, 6) is 0. The Balaban J connectivity index is 1.58. The highest BCUT2D eigenvalue weighted by molar-refractivity contribution is 7.16. The summed E-state index contributed by atoms with van der Waals surface area (Å²) >= 11 is 7.63. The maximum absolute atomic E-state index is 6.00. The van der Waals surface area contributed by atoms with Crippen molar-refractivity contribution >= 4 is 28.6 Å². The molecule has 1 aliphatic rings. The minimum atomic E-state index is 0.284. The van der Waals surface area contributed by atoms with E-state index >= 15 is 0 Å². The van der Waals surface area contributed by atoms with Crippen LogP contribution in [0.15, 0.2) is 36.4 Å². The normalized spacial score (nSPS) is 17.0. The summed E-state index contributed by atoms with van der Waals surface area (Å²) in [6.45, 7) is 5.74. The molecule has 1 atom stereocenters. The quantitative estimate of drug-likeness (QED) is 0.817. The lowest BCUT2D eigenvalue weighted by Gasteiger charge is -2.16. The Morgan fingerprint density at radius 1 is 1.14 bits per heavy atom. The number of thiophene rings is 1. The van der Waals surface area contributed by atoms with E-state index in [1.54, 1.807) is 11.3 Å². The molecule has 4 heteroatoms. The highest BCUT2D eigenvalue weighted by Crippen LogP contribution is 2.29. The summed E-state index contributed by atoms with van der Waals surface area (Å²) in [4.78, 5) is 3.79. The van der Waals surface area contributed by atoms with E-state index in [1.165, 1.54) is 36.4 Å². The molecule has 0 spiro atoms. The van der Waals surface area contributed by atoms with Crippen molar-refractivity contribution in [1.29, 1.82) is 0 Å². The molecule has 1 aromatic heterocycles. The number of halogens is 1. The van der Waals surface area contributed by atoms with Crippen LogP contribution in [0.4, 0.5) is 5.69 Å². The van der Waals surface area contributed by atoms with Gasteiger partial charge in [0.2, 0.25) is 0 Å². The van der Waals surface area contributed by atoms with Gasteiger partial charge in [-0.2, -0.15) is 0 Å². The fraction of sp³-hybridized carbons (Fsp3) is 0.412. The molecular weight excluding hydrogens is 300 g/mol. The highest BCUT2D eigenvalue weighted by atomic mass is 35.5. The van der Waals surface area contributed by atoms with Crippen LogP contribution in [0, 0.1) is 0 Å². The SMILES string of the molecule is CC(Nc1ccc(CN2CCCC2)cc1)c1ccc(Cl)s1. The second-order valence-corrected chi connectivity index (χ2v) is 7.43. The average Bonchev–Trinajstić information content (AvgIpc) is 3.12. The lowest BCUT2D eigenvalue weighted by Crippen LogP contribution is -2.18. The fourth-order valence-corrected chi connectivity index (χ4v) is 3.85. The van der Waals surface area contributed by atoms with Crippen LogP contribution in [0.25, 0.3) is 0 Å². The van der Waals surface area contributed by atoms with Gasteiger partial charge in [-0.15, -0.1) is 11.3 Å². The number of rotatable bonds is 5. The molecule has 0 bridgehead atoms. The molecule has 0 saturated carbocycles. The molecule has 21 heavy (non-hydrogen) atoms. The third-order valence-electron chi connectivity index (χ3n) is 3.96. The third-order valence-corrected chi connectivity index (χ3v) is 5.38. The van der Waals surface area contributed by atoms with Gasteiger partial charge in [-0.3, -0.25) is 4.90 Å². The molecule has 1 unspecified atom stereocenters. The molecule has 2 aromatic rings. The third kappa shape index (κ3) is 4.00. The standard InChI is InChI=1S/C17H21ClN2S/c1-13(16-8-9-17(18)21-16)19-15-6-4-14(5-7-15)12-20-10-2-3-11-20/h4-9,13,19H,2-3,10-12H2,1H3. The van der Waals surface area contributed by atoms with E-state index in [0.29, 0.717) is 0 Å². The zero-order valence-electron chi connectivity index (χ0n) is 12.3. The van der Waals surface area contributed by atoms with Crippen molar-refractivity contribution in [2.45, 2.75) is 32.4 Å². The summed E-state index contributed by atoms with van der Waals surface area (Å²) < 4.78 is 0.847. The van der Waals surface area contributed by atoms with Gasteiger partial charge in [-0.25, -0.2) is 0 Å². The molecule has 1 aliphatic heterocycles. The van der Waals surface area contributed by atoms with Crippen molar-refractivity contribution < 1.29 is 0 Å². The maximum Gasteiger partial charge on any atom is 0.0932 e. The first-order chi connectivity index (χ1) is 10.2. The number of likely N-dealkylation sites (tertiary alicyclic amines) is 1. The van der Waals surface area contributed by atoms with Crippen LogP contribution in [0.2, 0.25) is 4.34 Å². The maximum atomic E-state index is 6.00. The second-order valence-electron chi connectivity index (χ2n) is 5.69. The molecule has 0 aliphatic carbocycles. The Bertz CT molecular complexity index is 573. The summed E-state index contributed by atoms with van der Waals surface area (Å²) in [5, 5.41) is 3.53. The van der Waals surface area contributed by atoms with Crippen molar-refractivity contribution in [3.63, 3.8) is 0 Å². The van der Waals surface area contributed by atoms with Crippen LogP contribution in [0.3, 0.4) is 0 Å². The van der Waals surface area contributed by atoms with Crippen LogP contribution in [-0.2, 0) is 6.54 Å². The summed E-state index contributed by atoms with van der Waals surface area (Å²) in [6.07, 6.45) is 2.70. The van der Waals surface area contributed by atoms with E-state index < -0.39 is 0 Å². The lowest BCUT2D eigenvalue weighted by molar-refractivity contribution is 0.331. The van der Waals surface area contributed by atoms with Gasteiger partial charge in [0.05, 0.1) is 10.4 Å². The van der Waals surface area contributed by atoms with Gasteiger partial charge in [0, 0.05) is 17.1 Å². The number of nitrogens with zero attached hydrogens (tertiary/aromatic N) is 1. The van der Waals surface area contributed by atoms with E-state index in [1.807, 2.05) is 6.07 Å². The number of benzene rings is 1. The minimum absolute atomic E-state index is 0.284. The molecule has 112 valence electrons. The van der Waals surface area contributed by atoms with Crippen molar-refractivity contribution in [2.24, 2.45) is 0 Å². The fourth-order valence-electron chi connectivity index (χ4n) is 2.79. The summed E-state index contributed by atoms with van der Waals surface area (Å²) in [5.41, 5.74) is 2.56. The van der Waals surface area contributed by atoms with Gasteiger partial charge >= 0.3 is 0 Å². The molecule has 2 nitrogen and oxygen atoms in total. The van der Waals surface area contributed by atoms with Crippen molar-refractivity contribution in [3.8, 4) is 0 Å². The van der Waals surface area contributed by atoms with Crippen LogP contribution in [-0.4, -0.2) is 18.0 Å². The molecule has 0 radical (unpaired) electrons. The summed E-state index contributed by atoms with van der Waals surface area (Å²) in [6, 6.07) is 13.1. The number of hydrogen-bond acceptors (Lipinski definition) is 3. The van der Waals surface area contributed by atoms with Crippen LogP contribution in [0.1, 0.15) is 36.2 Å². The van der Waals surface area contributed by atoms with Gasteiger partial charge in [-0.05, 0) is 62.7 Å². The topological polar surface area (TPSA) is 15.3 Å². The molecule has 1 saturated heterocycles. The van der Waals surface area contributed by atoms with E-state index in [0.717, 1.165) is 16.6 Å². The Labute approximate surface area is 135 Å². The van der Waals surface area contributed by atoms with Crippen molar-refractivity contribution in [2.75, 3.05) is 18.4 Å². The highest BCUT2D eigenvalue weighted by Gasteiger charge is 2.12. The predicted molar refractivity (Wildman–Crippen MR) is 92.3 cm³/mol. The zero-order valence-corrected chi connectivity index (χ0v) is 13.9. The Morgan fingerprint density at radius 3 is 2.48 bits per heavy atom. The first kappa shape index (κ1) is 14.9. The van der Waals surface area contributed by atoms with Crippen LogP contribution in [0.5, 0.6) is 0 Å². The average molecular weight is 321 g/mol. The molecule has 3 rings (SSSR count). The van der Waals surface area contributed by atoms with E-state index in [2.05, 4.69) is 47.5 Å². The Morgan fingerprint density at radius 2 is 1.86 bits per heavy atom. The first-order valence-electron chi connectivity index (χ1n) is 7.54. The van der Waals surface area contributed by atoms with Gasteiger partial charge in [-0.1, -0.05) is 23.7 Å². The van der Waals surface area contributed by atoms with Crippen molar-refractivity contribution in [3.05, 3.63) is 51.2 Å². The molecule has 1 aromatic carbocycles. The number of hydrogen-bond donors (Lipinski definition) is 1. The van der Waals surface area contributed by atoms with Crippen molar-refractivity contribution in [1.82, 2.24) is 4.90 Å². The van der Waals surface area contributed by atoms with Crippen LogP contribution < -0.4 is 5.32 Å². The van der Waals surface area contributed by atoms with Gasteiger partial charge in [0.15, 0.2) is 0 Å². The Hall–Kier alpha value is -1.03. The van der Waals surface area contributed by atoms with E-state index in [-0.39, 0.29) is 6.04 Å². The minimum Gasteiger partial charge on any atom is -0.378 e. The van der Waals surface area contributed by atoms with E-state index in [9.17, 15) is 0 Å². The summed E-state index contributed by atoms with van der Waals surface area (Å²) in [7, 11) is 0.